The number of anilines is 1. The Morgan fingerprint density at radius 3 is 2.46 bits per heavy atom. The second kappa shape index (κ2) is 9.87. The summed E-state index contributed by atoms with van der Waals surface area (Å²) in [6, 6.07) is 14.9. The van der Waals surface area contributed by atoms with Crippen molar-refractivity contribution in [3.05, 3.63) is 82.4 Å². The lowest BCUT2D eigenvalue weighted by Crippen LogP contribution is -2.57. The van der Waals surface area contributed by atoms with E-state index < -0.39 is 11.7 Å². The third-order valence-corrected chi connectivity index (χ3v) is 8.02. The number of hydrogen-bond acceptors (Lipinski definition) is 3. The van der Waals surface area contributed by atoms with Crippen molar-refractivity contribution in [1.29, 1.82) is 0 Å². The van der Waals surface area contributed by atoms with E-state index in [1.807, 2.05) is 25.1 Å². The molecule has 2 heterocycles. The SMILES string of the molecule is Cc1ccc(N2CNCC3(CCN(Cc4cc(C)ccc4C4=CC(C)CC(F)=C4F)CC3)C2)cc1. The van der Waals surface area contributed by atoms with Gasteiger partial charge in [-0.15, -0.1) is 0 Å². The fourth-order valence-electron chi connectivity index (χ4n) is 5.93. The summed E-state index contributed by atoms with van der Waals surface area (Å²) in [6.07, 6.45) is 4.31. The van der Waals surface area contributed by atoms with Crippen molar-refractivity contribution in [3.63, 3.8) is 0 Å². The van der Waals surface area contributed by atoms with E-state index in [1.165, 1.54) is 11.3 Å². The molecule has 2 aliphatic heterocycles. The molecule has 1 unspecified atom stereocenters. The fraction of sp³-hybridized carbons (Fsp3) is 0.467. The Labute approximate surface area is 208 Å². The summed E-state index contributed by atoms with van der Waals surface area (Å²) in [5.74, 6) is -1.30. The Morgan fingerprint density at radius 1 is 1.00 bits per heavy atom. The molecule has 0 saturated carbocycles. The number of nitrogens with one attached hydrogen (secondary N) is 1. The molecule has 5 rings (SSSR count). The van der Waals surface area contributed by atoms with Crippen molar-refractivity contribution in [2.45, 2.75) is 46.6 Å². The summed E-state index contributed by atoms with van der Waals surface area (Å²) in [4.78, 5) is 4.96. The highest BCUT2D eigenvalue weighted by Gasteiger charge is 2.38. The van der Waals surface area contributed by atoms with Gasteiger partial charge in [-0.3, -0.25) is 10.2 Å². The highest BCUT2D eigenvalue weighted by atomic mass is 19.2. The van der Waals surface area contributed by atoms with E-state index in [0.29, 0.717) is 5.57 Å². The zero-order valence-electron chi connectivity index (χ0n) is 21.2. The molecule has 0 amide bonds. The van der Waals surface area contributed by atoms with Gasteiger partial charge in [-0.2, -0.15) is 0 Å². The molecule has 0 radical (unpaired) electrons. The number of hydrogen-bond donors (Lipinski definition) is 1. The molecule has 0 bridgehead atoms. The minimum Gasteiger partial charge on any atom is -0.358 e. The summed E-state index contributed by atoms with van der Waals surface area (Å²) in [6.45, 7) is 12.0. The molecule has 0 aromatic heterocycles. The van der Waals surface area contributed by atoms with Gasteiger partial charge in [-0.25, -0.2) is 8.78 Å². The molecule has 1 aliphatic carbocycles. The van der Waals surface area contributed by atoms with Crippen LogP contribution in [0.2, 0.25) is 0 Å². The predicted molar refractivity (Wildman–Crippen MR) is 141 cm³/mol. The maximum Gasteiger partial charge on any atom is 0.162 e. The number of allylic oxidation sites excluding steroid dienone is 4. The van der Waals surface area contributed by atoms with Crippen LogP contribution in [0.15, 0.2) is 60.2 Å². The van der Waals surface area contributed by atoms with Gasteiger partial charge in [0.15, 0.2) is 5.83 Å². The van der Waals surface area contributed by atoms with Crippen LogP contribution >= 0.6 is 0 Å². The van der Waals surface area contributed by atoms with Crippen LogP contribution in [0.25, 0.3) is 5.57 Å². The molecular weight excluding hydrogens is 440 g/mol. The molecule has 2 aromatic carbocycles. The first-order valence-electron chi connectivity index (χ1n) is 12.9. The molecule has 1 N–H and O–H groups in total. The maximum absolute atomic E-state index is 14.8. The molecule has 2 fully saturated rings. The minimum absolute atomic E-state index is 0.00350. The smallest absolute Gasteiger partial charge is 0.162 e. The Kier molecular flexibility index (Phi) is 6.82. The van der Waals surface area contributed by atoms with Crippen molar-refractivity contribution in [1.82, 2.24) is 10.2 Å². The van der Waals surface area contributed by atoms with E-state index in [9.17, 15) is 8.78 Å². The molecule has 5 heteroatoms. The quantitative estimate of drug-likeness (QED) is 0.540. The molecule has 35 heavy (non-hydrogen) atoms. The average Bonchev–Trinajstić information content (AvgIpc) is 2.84. The van der Waals surface area contributed by atoms with Gasteiger partial charge in [0.05, 0.1) is 6.67 Å². The minimum atomic E-state index is -0.685. The first-order chi connectivity index (χ1) is 16.8. The second-order valence-corrected chi connectivity index (χ2v) is 11.0. The summed E-state index contributed by atoms with van der Waals surface area (Å²) in [5, 5.41) is 3.66. The zero-order chi connectivity index (χ0) is 24.6. The van der Waals surface area contributed by atoms with E-state index in [-0.39, 0.29) is 17.8 Å². The summed E-state index contributed by atoms with van der Waals surface area (Å²) >= 11 is 0. The third kappa shape index (κ3) is 5.22. The summed E-state index contributed by atoms with van der Waals surface area (Å²) in [5.41, 5.74) is 6.34. The molecule has 186 valence electrons. The lowest BCUT2D eigenvalue weighted by atomic mass is 9.76. The lowest BCUT2D eigenvalue weighted by molar-refractivity contribution is 0.0905. The van der Waals surface area contributed by atoms with Crippen LogP contribution in [0.1, 0.15) is 48.4 Å². The van der Waals surface area contributed by atoms with Gasteiger partial charge in [0, 0.05) is 42.7 Å². The number of rotatable bonds is 4. The van der Waals surface area contributed by atoms with Crippen molar-refractivity contribution in [2.75, 3.05) is 37.7 Å². The van der Waals surface area contributed by atoms with E-state index >= 15 is 0 Å². The Bertz CT molecular complexity index is 1130. The van der Waals surface area contributed by atoms with Gasteiger partial charge in [-0.1, -0.05) is 54.5 Å². The van der Waals surface area contributed by atoms with Gasteiger partial charge < -0.3 is 4.90 Å². The highest BCUT2D eigenvalue weighted by Crippen LogP contribution is 2.39. The highest BCUT2D eigenvalue weighted by molar-refractivity contribution is 5.80. The normalized spacial score (nSPS) is 23.1. The van der Waals surface area contributed by atoms with Gasteiger partial charge in [0.1, 0.15) is 5.83 Å². The predicted octanol–water partition coefficient (Wildman–Crippen LogP) is 6.53. The Hall–Kier alpha value is -2.50. The number of halogens is 2. The van der Waals surface area contributed by atoms with Gasteiger partial charge >= 0.3 is 0 Å². The lowest BCUT2D eigenvalue weighted by Gasteiger charge is -2.48. The average molecular weight is 478 g/mol. The van der Waals surface area contributed by atoms with Crippen molar-refractivity contribution < 1.29 is 8.78 Å². The van der Waals surface area contributed by atoms with Crippen molar-refractivity contribution in [3.8, 4) is 0 Å². The van der Waals surface area contributed by atoms with Gasteiger partial charge in [-0.05, 0) is 69.0 Å². The first kappa shape index (κ1) is 24.2. The molecule has 3 nitrogen and oxygen atoms in total. The molecule has 2 aromatic rings. The number of likely N-dealkylation sites (tertiary alicyclic amines) is 1. The first-order valence-corrected chi connectivity index (χ1v) is 12.9. The Morgan fingerprint density at radius 2 is 1.71 bits per heavy atom. The number of aryl methyl sites for hydroxylation is 2. The number of piperidine rings is 1. The monoisotopic (exact) mass is 477 g/mol. The summed E-state index contributed by atoms with van der Waals surface area (Å²) < 4.78 is 29.1. The van der Waals surface area contributed by atoms with Gasteiger partial charge in [0.25, 0.3) is 0 Å². The summed E-state index contributed by atoms with van der Waals surface area (Å²) in [7, 11) is 0. The maximum atomic E-state index is 14.8. The largest absolute Gasteiger partial charge is 0.358 e. The van der Waals surface area contributed by atoms with Crippen LogP contribution in [-0.2, 0) is 6.54 Å². The van der Waals surface area contributed by atoms with Crippen LogP contribution in [0.4, 0.5) is 14.5 Å². The number of nitrogens with zero attached hydrogens (tertiary/aromatic N) is 2. The van der Waals surface area contributed by atoms with Crippen LogP contribution in [0, 0.1) is 25.2 Å². The van der Waals surface area contributed by atoms with Crippen LogP contribution < -0.4 is 10.2 Å². The van der Waals surface area contributed by atoms with E-state index in [0.717, 1.165) is 68.9 Å². The molecule has 1 spiro atoms. The molecule has 1 atom stereocenters. The van der Waals surface area contributed by atoms with Crippen molar-refractivity contribution in [2.24, 2.45) is 11.3 Å². The van der Waals surface area contributed by atoms with Crippen LogP contribution in [0.5, 0.6) is 0 Å². The molecule has 3 aliphatic rings. The second-order valence-electron chi connectivity index (χ2n) is 11.0. The van der Waals surface area contributed by atoms with Crippen molar-refractivity contribution >= 4 is 11.3 Å². The van der Waals surface area contributed by atoms with E-state index in [1.54, 1.807) is 0 Å². The standard InChI is InChI=1S/C30H37F2N3/c1-21-4-7-25(8-5-21)35-19-30(18-33-20-35)10-12-34(13-11-30)17-24-14-22(2)6-9-26(24)27-15-23(3)16-28(31)29(27)32/h4-9,14-15,23,33H,10-13,16-20H2,1-3H3. The third-order valence-electron chi connectivity index (χ3n) is 8.02. The number of benzene rings is 2. The van der Waals surface area contributed by atoms with E-state index in [2.05, 4.69) is 59.3 Å². The Balaban J connectivity index is 1.29. The van der Waals surface area contributed by atoms with E-state index in [4.69, 9.17) is 0 Å². The molecule has 2 saturated heterocycles. The van der Waals surface area contributed by atoms with Crippen LogP contribution in [0.3, 0.4) is 0 Å². The van der Waals surface area contributed by atoms with Gasteiger partial charge in [0.2, 0.25) is 0 Å². The molecular formula is C30H37F2N3. The van der Waals surface area contributed by atoms with Crippen LogP contribution in [-0.4, -0.2) is 37.7 Å². The topological polar surface area (TPSA) is 18.5 Å². The zero-order valence-corrected chi connectivity index (χ0v) is 21.2. The fourth-order valence-corrected chi connectivity index (χ4v) is 5.93.